The first-order chi connectivity index (χ1) is 17.6. The molecule has 0 aromatic heterocycles. The Hall–Kier alpha value is -1.78. The van der Waals surface area contributed by atoms with E-state index in [0.717, 1.165) is 51.4 Å². The lowest BCUT2D eigenvalue weighted by atomic mass is 10.0. The molecule has 36 heavy (non-hydrogen) atoms. The number of unbranched alkanes of at least 4 members (excludes halogenated alkanes) is 13. The van der Waals surface area contributed by atoms with Gasteiger partial charge in [-0.25, -0.2) is 0 Å². The smallest absolute Gasteiger partial charge is 0.211 e. The number of rotatable bonds is 24. The van der Waals surface area contributed by atoms with Gasteiger partial charge in [-0.15, -0.1) is 0 Å². The highest BCUT2D eigenvalue weighted by Crippen LogP contribution is 2.53. The van der Waals surface area contributed by atoms with Crippen LogP contribution in [0, 0.1) is 0 Å². The van der Waals surface area contributed by atoms with E-state index < -0.39 is 0 Å². The highest BCUT2D eigenvalue weighted by molar-refractivity contribution is 5.69. The lowest BCUT2D eigenvalue weighted by Crippen LogP contribution is -2.09. The van der Waals surface area contributed by atoms with Gasteiger partial charge in [-0.3, -0.25) is 0 Å². The minimum atomic E-state index is -0.217. The monoisotopic (exact) mass is 508 g/mol. The van der Waals surface area contributed by atoms with Crippen LogP contribution in [0.15, 0.2) is 0 Å². The van der Waals surface area contributed by atoms with Gasteiger partial charge in [0.2, 0.25) is 17.2 Å². The molecule has 0 aliphatic carbocycles. The molecule has 1 rings (SSSR count). The predicted octanol–water partition coefficient (Wildman–Crippen LogP) is 9.49. The van der Waals surface area contributed by atoms with Crippen LogP contribution in [0.25, 0.3) is 0 Å². The fourth-order valence-corrected chi connectivity index (χ4v) is 4.35. The van der Waals surface area contributed by atoms with Crippen molar-refractivity contribution in [1.29, 1.82) is 0 Å². The molecular formula is C31H56O5. The fourth-order valence-electron chi connectivity index (χ4n) is 4.35. The molecule has 5 nitrogen and oxygen atoms in total. The summed E-state index contributed by atoms with van der Waals surface area (Å²) < 4.78 is 18.6. The summed E-state index contributed by atoms with van der Waals surface area (Å²) >= 11 is 0. The molecule has 0 radical (unpaired) electrons. The number of ether oxygens (including phenoxy) is 3. The van der Waals surface area contributed by atoms with Crippen LogP contribution in [-0.4, -0.2) is 30.0 Å². The molecule has 0 spiro atoms. The molecule has 1 aromatic rings. The lowest BCUT2D eigenvalue weighted by molar-refractivity contribution is 0.222. The van der Waals surface area contributed by atoms with Crippen LogP contribution in [0.2, 0.25) is 0 Å². The highest BCUT2D eigenvalue weighted by atomic mass is 16.5. The maximum Gasteiger partial charge on any atom is 0.211 e. The van der Waals surface area contributed by atoms with Crippen molar-refractivity contribution in [3.63, 3.8) is 0 Å². The van der Waals surface area contributed by atoms with Crippen molar-refractivity contribution in [2.45, 2.75) is 143 Å². The van der Waals surface area contributed by atoms with E-state index >= 15 is 0 Å². The summed E-state index contributed by atoms with van der Waals surface area (Å²) in [7, 11) is 0. The van der Waals surface area contributed by atoms with E-state index in [4.69, 9.17) is 14.2 Å². The van der Waals surface area contributed by atoms with Gasteiger partial charge in [0.15, 0.2) is 11.5 Å². The van der Waals surface area contributed by atoms with Gasteiger partial charge in [-0.05, 0) is 32.1 Å². The molecule has 210 valence electrons. The molecule has 0 saturated heterocycles. The summed E-state index contributed by atoms with van der Waals surface area (Å²) in [5, 5.41) is 21.9. The number of phenolic OH excluding ortho intramolecular Hbond substituents is 2. The zero-order valence-corrected chi connectivity index (χ0v) is 24.0. The van der Waals surface area contributed by atoms with Crippen molar-refractivity contribution in [2.24, 2.45) is 0 Å². The van der Waals surface area contributed by atoms with E-state index in [0.29, 0.717) is 43.3 Å². The van der Waals surface area contributed by atoms with E-state index in [-0.39, 0.29) is 17.2 Å². The van der Waals surface area contributed by atoms with Gasteiger partial charge in [0.05, 0.1) is 19.8 Å². The summed E-state index contributed by atoms with van der Waals surface area (Å²) in [6.07, 6.45) is 19.5. The zero-order valence-electron chi connectivity index (χ0n) is 24.0. The van der Waals surface area contributed by atoms with Crippen LogP contribution in [0.3, 0.4) is 0 Å². The van der Waals surface area contributed by atoms with Gasteiger partial charge in [-0.2, -0.15) is 0 Å². The maximum absolute atomic E-state index is 11.0. The fraction of sp³-hybridized carbons (Fsp3) is 0.806. The average molecular weight is 509 g/mol. The third kappa shape index (κ3) is 12.5. The van der Waals surface area contributed by atoms with Crippen molar-refractivity contribution in [1.82, 2.24) is 0 Å². The van der Waals surface area contributed by atoms with Crippen LogP contribution >= 0.6 is 0 Å². The normalized spacial score (nSPS) is 11.1. The molecule has 2 N–H and O–H groups in total. The molecule has 0 atom stereocenters. The van der Waals surface area contributed by atoms with E-state index in [9.17, 15) is 10.2 Å². The molecule has 0 fully saturated rings. The second kappa shape index (κ2) is 21.3. The summed E-state index contributed by atoms with van der Waals surface area (Å²) in [5.74, 6) is 0.919. The van der Waals surface area contributed by atoms with Gasteiger partial charge < -0.3 is 24.4 Å². The van der Waals surface area contributed by atoms with Gasteiger partial charge in [0, 0.05) is 5.56 Å². The van der Waals surface area contributed by atoms with Crippen LogP contribution in [-0.2, 0) is 6.42 Å². The van der Waals surface area contributed by atoms with Crippen LogP contribution < -0.4 is 14.2 Å². The SMILES string of the molecule is CCCCCCCOc1c(O)c(O)c(CCCC)c(OCCCCCCC)c1OCCCCCCC. The third-order valence-electron chi connectivity index (χ3n) is 6.67. The molecule has 0 bridgehead atoms. The average Bonchev–Trinajstić information content (AvgIpc) is 2.88. The summed E-state index contributed by atoms with van der Waals surface area (Å²) in [6, 6.07) is 0. The Balaban J connectivity index is 3.11. The minimum absolute atomic E-state index is 0.124. The number of hydrogen-bond donors (Lipinski definition) is 2. The lowest BCUT2D eigenvalue weighted by Gasteiger charge is -2.22. The first-order valence-corrected chi connectivity index (χ1v) is 15.1. The predicted molar refractivity (Wildman–Crippen MR) is 151 cm³/mol. The third-order valence-corrected chi connectivity index (χ3v) is 6.67. The van der Waals surface area contributed by atoms with E-state index in [1.165, 1.54) is 57.8 Å². The van der Waals surface area contributed by atoms with Crippen molar-refractivity contribution in [3.05, 3.63) is 5.56 Å². The second-order valence-electron chi connectivity index (χ2n) is 10.1. The van der Waals surface area contributed by atoms with Crippen molar-refractivity contribution >= 4 is 0 Å². The van der Waals surface area contributed by atoms with Crippen LogP contribution in [0.1, 0.15) is 142 Å². The summed E-state index contributed by atoms with van der Waals surface area (Å²) in [5.41, 5.74) is 0.638. The maximum atomic E-state index is 11.0. The quantitative estimate of drug-likeness (QED) is 0.107. The molecule has 0 aliphatic rings. The highest BCUT2D eigenvalue weighted by Gasteiger charge is 2.27. The van der Waals surface area contributed by atoms with Gasteiger partial charge >= 0.3 is 0 Å². The molecule has 0 aliphatic heterocycles. The number of aromatic hydroxyl groups is 2. The zero-order chi connectivity index (χ0) is 26.4. The van der Waals surface area contributed by atoms with Gasteiger partial charge in [-0.1, -0.05) is 111 Å². The van der Waals surface area contributed by atoms with Gasteiger partial charge in [0.25, 0.3) is 0 Å². The van der Waals surface area contributed by atoms with Crippen molar-refractivity contribution in [2.75, 3.05) is 19.8 Å². The Kier molecular flexibility index (Phi) is 19.1. The molecule has 1 aromatic carbocycles. The standard InChI is InChI=1S/C31H56O5/c1-5-9-13-16-19-23-34-29-26(22-12-8-4)27(32)28(33)30(35-24-20-17-14-10-6-2)31(29)36-25-21-18-15-11-7-3/h32-33H,5-25H2,1-4H3. The molecule has 0 amide bonds. The Morgan fingerprint density at radius 2 is 0.806 bits per heavy atom. The molecular weight excluding hydrogens is 452 g/mol. The van der Waals surface area contributed by atoms with Crippen LogP contribution in [0.5, 0.6) is 28.7 Å². The Morgan fingerprint density at radius 1 is 0.417 bits per heavy atom. The van der Waals surface area contributed by atoms with Crippen molar-refractivity contribution < 1.29 is 24.4 Å². The van der Waals surface area contributed by atoms with Crippen LogP contribution in [0.4, 0.5) is 0 Å². The Bertz CT molecular complexity index is 674. The molecule has 5 heteroatoms. The Labute approximate surface area is 221 Å². The number of phenols is 2. The Morgan fingerprint density at radius 3 is 1.25 bits per heavy atom. The number of hydrogen-bond acceptors (Lipinski definition) is 5. The van der Waals surface area contributed by atoms with Gasteiger partial charge in [0.1, 0.15) is 0 Å². The molecule has 0 heterocycles. The second-order valence-corrected chi connectivity index (χ2v) is 10.1. The molecule has 0 unspecified atom stereocenters. The van der Waals surface area contributed by atoms with E-state index in [1.807, 2.05) is 0 Å². The first-order valence-electron chi connectivity index (χ1n) is 15.1. The summed E-state index contributed by atoms with van der Waals surface area (Å²) in [4.78, 5) is 0. The topological polar surface area (TPSA) is 68.2 Å². The van der Waals surface area contributed by atoms with Crippen molar-refractivity contribution in [3.8, 4) is 28.7 Å². The summed E-state index contributed by atoms with van der Waals surface area (Å²) in [6.45, 7) is 10.3. The van der Waals surface area contributed by atoms with E-state index in [2.05, 4.69) is 27.7 Å². The number of benzene rings is 1. The van der Waals surface area contributed by atoms with E-state index in [1.54, 1.807) is 0 Å². The minimum Gasteiger partial charge on any atom is -0.504 e. The molecule has 0 saturated carbocycles. The largest absolute Gasteiger partial charge is 0.504 e. The first kappa shape index (κ1) is 32.2.